The van der Waals surface area contributed by atoms with Crippen molar-refractivity contribution >= 4 is 0 Å². The lowest BCUT2D eigenvalue weighted by Crippen LogP contribution is -2.22. The molecule has 0 amide bonds. The third-order valence-corrected chi connectivity index (χ3v) is 3.85. The van der Waals surface area contributed by atoms with Gasteiger partial charge in [-0.1, -0.05) is 44.3 Å². The Kier molecular flexibility index (Phi) is 5.46. The predicted molar refractivity (Wildman–Crippen MR) is 75.2 cm³/mol. The SMILES string of the molecule is N[C@H](/C=C/CCc1cnc[nH]1)CC1CCCCC1. The number of aromatic nitrogens is 2. The van der Waals surface area contributed by atoms with Gasteiger partial charge in [0, 0.05) is 17.9 Å². The molecule has 18 heavy (non-hydrogen) atoms. The fourth-order valence-electron chi connectivity index (χ4n) is 2.82. The number of nitrogens with zero attached hydrogens (tertiary/aromatic N) is 1. The van der Waals surface area contributed by atoms with E-state index in [1.54, 1.807) is 6.33 Å². The molecule has 1 aliphatic carbocycles. The summed E-state index contributed by atoms with van der Waals surface area (Å²) < 4.78 is 0. The van der Waals surface area contributed by atoms with E-state index in [0.717, 1.165) is 18.8 Å². The van der Waals surface area contributed by atoms with E-state index >= 15 is 0 Å². The van der Waals surface area contributed by atoms with Gasteiger partial charge in [-0.05, 0) is 25.2 Å². The van der Waals surface area contributed by atoms with Gasteiger partial charge in [0.25, 0.3) is 0 Å². The van der Waals surface area contributed by atoms with Crippen LogP contribution in [0.3, 0.4) is 0 Å². The Morgan fingerprint density at radius 3 is 2.94 bits per heavy atom. The van der Waals surface area contributed by atoms with Crippen LogP contribution in [-0.4, -0.2) is 16.0 Å². The zero-order chi connectivity index (χ0) is 12.6. The van der Waals surface area contributed by atoms with E-state index in [4.69, 9.17) is 5.73 Å². The van der Waals surface area contributed by atoms with Crippen molar-refractivity contribution in [1.29, 1.82) is 0 Å². The van der Waals surface area contributed by atoms with Crippen LogP contribution in [0.1, 0.15) is 50.6 Å². The summed E-state index contributed by atoms with van der Waals surface area (Å²) in [5.41, 5.74) is 7.35. The molecule has 0 aliphatic heterocycles. The number of aromatic amines is 1. The van der Waals surface area contributed by atoms with Crippen molar-refractivity contribution in [2.24, 2.45) is 11.7 Å². The number of nitrogens with two attached hydrogens (primary N) is 1. The van der Waals surface area contributed by atoms with Crippen LogP contribution in [0.2, 0.25) is 0 Å². The third-order valence-electron chi connectivity index (χ3n) is 3.85. The molecule has 0 radical (unpaired) electrons. The standard InChI is InChI=1S/C15H25N3/c16-14(10-13-6-2-1-3-7-13)8-4-5-9-15-11-17-12-18-15/h4,8,11-14H,1-3,5-7,9-10,16H2,(H,17,18)/b8-4+/t14-/m1/s1. The lowest BCUT2D eigenvalue weighted by Gasteiger charge is -2.23. The Morgan fingerprint density at radius 1 is 1.39 bits per heavy atom. The average Bonchev–Trinajstić information content (AvgIpc) is 2.89. The fourth-order valence-corrected chi connectivity index (χ4v) is 2.82. The second-order valence-corrected chi connectivity index (χ2v) is 5.45. The van der Waals surface area contributed by atoms with Gasteiger partial charge in [0.2, 0.25) is 0 Å². The van der Waals surface area contributed by atoms with Crippen LogP contribution in [0.4, 0.5) is 0 Å². The molecule has 1 fully saturated rings. The van der Waals surface area contributed by atoms with Gasteiger partial charge in [0.1, 0.15) is 0 Å². The molecule has 100 valence electrons. The molecule has 2 rings (SSSR count). The number of allylic oxidation sites excluding steroid dienone is 1. The normalized spacial score (nSPS) is 19.4. The maximum atomic E-state index is 6.16. The van der Waals surface area contributed by atoms with Crippen LogP contribution in [0.15, 0.2) is 24.7 Å². The summed E-state index contributed by atoms with van der Waals surface area (Å²) in [6.07, 6.45) is 18.2. The Balaban J connectivity index is 1.62. The van der Waals surface area contributed by atoms with Crippen LogP contribution in [-0.2, 0) is 6.42 Å². The van der Waals surface area contributed by atoms with Crippen LogP contribution in [0.5, 0.6) is 0 Å². The lowest BCUT2D eigenvalue weighted by molar-refractivity contribution is 0.329. The monoisotopic (exact) mass is 247 g/mol. The molecular formula is C15H25N3. The smallest absolute Gasteiger partial charge is 0.0921 e. The van der Waals surface area contributed by atoms with Gasteiger partial charge in [0.05, 0.1) is 6.33 Å². The third kappa shape index (κ3) is 4.65. The summed E-state index contributed by atoms with van der Waals surface area (Å²) in [7, 11) is 0. The van der Waals surface area contributed by atoms with E-state index in [0.29, 0.717) is 0 Å². The second kappa shape index (κ2) is 7.37. The van der Waals surface area contributed by atoms with E-state index in [2.05, 4.69) is 22.1 Å². The Morgan fingerprint density at radius 2 is 2.22 bits per heavy atom. The second-order valence-electron chi connectivity index (χ2n) is 5.45. The molecule has 1 aliphatic rings. The minimum atomic E-state index is 0.245. The number of rotatable bonds is 6. The van der Waals surface area contributed by atoms with E-state index in [-0.39, 0.29) is 6.04 Å². The number of hydrogen-bond donors (Lipinski definition) is 2. The average molecular weight is 247 g/mol. The highest BCUT2D eigenvalue weighted by atomic mass is 14.9. The summed E-state index contributed by atoms with van der Waals surface area (Å²) in [5, 5.41) is 0. The first-order valence-electron chi connectivity index (χ1n) is 7.24. The van der Waals surface area contributed by atoms with Crippen LogP contribution < -0.4 is 5.73 Å². The molecule has 1 saturated carbocycles. The first-order valence-corrected chi connectivity index (χ1v) is 7.24. The molecule has 0 unspecified atom stereocenters. The number of H-pyrrole nitrogens is 1. The first kappa shape index (κ1) is 13.3. The molecular weight excluding hydrogens is 222 g/mol. The molecule has 0 aromatic carbocycles. The van der Waals surface area contributed by atoms with Crippen molar-refractivity contribution in [1.82, 2.24) is 9.97 Å². The highest BCUT2D eigenvalue weighted by Gasteiger charge is 2.15. The summed E-state index contributed by atoms with van der Waals surface area (Å²) >= 11 is 0. The molecule has 1 aromatic heterocycles. The van der Waals surface area contributed by atoms with Gasteiger partial charge in [-0.3, -0.25) is 0 Å². The van der Waals surface area contributed by atoms with Gasteiger partial charge in [-0.25, -0.2) is 4.98 Å². The van der Waals surface area contributed by atoms with Gasteiger partial charge >= 0.3 is 0 Å². The summed E-state index contributed by atoms with van der Waals surface area (Å²) in [5.74, 6) is 0.867. The van der Waals surface area contributed by atoms with Gasteiger partial charge in [-0.15, -0.1) is 0 Å². The Labute approximate surface area is 110 Å². The minimum Gasteiger partial charge on any atom is -0.348 e. The van der Waals surface area contributed by atoms with E-state index in [1.165, 1.54) is 44.2 Å². The topological polar surface area (TPSA) is 54.7 Å². The molecule has 3 heteroatoms. The Bertz CT molecular complexity index is 337. The summed E-state index contributed by atoms with van der Waals surface area (Å²) in [6.45, 7) is 0. The lowest BCUT2D eigenvalue weighted by atomic mass is 9.85. The van der Waals surface area contributed by atoms with Gasteiger partial charge in [0.15, 0.2) is 0 Å². The van der Waals surface area contributed by atoms with E-state index in [1.807, 2.05) is 6.20 Å². The highest BCUT2D eigenvalue weighted by Crippen LogP contribution is 2.27. The molecule has 0 spiro atoms. The fraction of sp³-hybridized carbons (Fsp3) is 0.667. The predicted octanol–water partition coefficient (Wildman–Crippen LogP) is 3.20. The zero-order valence-electron chi connectivity index (χ0n) is 11.1. The molecule has 0 saturated heterocycles. The summed E-state index contributed by atoms with van der Waals surface area (Å²) in [4.78, 5) is 7.12. The molecule has 0 bridgehead atoms. The number of aryl methyl sites for hydroxylation is 1. The quantitative estimate of drug-likeness (QED) is 0.758. The maximum Gasteiger partial charge on any atom is 0.0921 e. The van der Waals surface area contributed by atoms with Crippen LogP contribution in [0, 0.1) is 5.92 Å². The first-order chi connectivity index (χ1) is 8.84. The molecule has 1 atom stereocenters. The number of hydrogen-bond acceptors (Lipinski definition) is 2. The molecule has 3 nitrogen and oxygen atoms in total. The van der Waals surface area contributed by atoms with Gasteiger partial charge < -0.3 is 10.7 Å². The minimum absolute atomic E-state index is 0.245. The van der Waals surface area contributed by atoms with Crippen molar-refractivity contribution in [2.75, 3.05) is 0 Å². The van der Waals surface area contributed by atoms with Crippen LogP contribution >= 0.6 is 0 Å². The molecule has 1 aromatic rings. The molecule has 3 N–H and O–H groups in total. The highest BCUT2D eigenvalue weighted by molar-refractivity contribution is 4.99. The number of imidazole rings is 1. The summed E-state index contributed by atoms with van der Waals surface area (Å²) in [6, 6.07) is 0.245. The maximum absolute atomic E-state index is 6.16. The Hall–Kier alpha value is -1.09. The largest absolute Gasteiger partial charge is 0.348 e. The van der Waals surface area contributed by atoms with E-state index < -0.39 is 0 Å². The van der Waals surface area contributed by atoms with Gasteiger partial charge in [-0.2, -0.15) is 0 Å². The number of nitrogens with one attached hydrogen (secondary N) is 1. The van der Waals surface area contributed by atoms with Crippen molar-refractivity contribution in [3.05, 3.63) is 30.4 Å². The van der Waals surface area contributed by atoms with Crippen molar-refractivity contribution in [2.45, 2.75) is 57.4 Å². The van der Waals surface area contributed by atoms with Crippen molar-refractivity contribution < 1.29 is 0 Å². The van der Waals surface area contributed by atoms with Crippen molar-refractivity contribution in [3.8, 4) is 0 Å². The van der Waals surface area contributed by atoms with Crippen LogP contribution in [0.25, 0.3) is 0 Å². The van der Waals surface area contributed by atoms with E-state index in [9.17, 15) is 0 Å². The van der Waals surface area contributed by atoms with Crippen molar-refractivity contribution in [3.63, 3.8) is 0 Å². The molecule has 1 heterocycles. The zero-order valence-corrected chi connectivity index (χ0v) is 11.1.